The Labute approximate surface area is 192 Å². The maximum absolute atomic E-state index is 10.0. The molecule has 0 fully saturated rings. The van der Waals surface area contributed by atoms with E-state index in [2.05, 4.69) is 0 Å². The molecule has 0 saturated carbocycles. The quantitative estimate of drug-likeness (QED) is 0.253. The van der Waals surface area contributed by atoms with Crippen LogP contribution in [0.3, 0.4) is 0 Å². The fraction of sp³-hybridized carbons (Fsp3) is 0.217. The Morgan fingerprint density at radius 2 is 1.13 bits per heavy atom. The fourth-order valence-electron chi connectivity index (χ4n) is 4.00. The number of benzene rings is 3. The smallest absolute Gasteiger partial charge is 0.402 e. The Morgan fingerprint density at radius 1 is 0.774 bits per heavy atom. The molecule has 3 rings (SSSR count). The van der Waals surface area contributed by atoms with E-state index in [9.17, 15) is 10.0 Å². The first kappa shape index (κ1) is 23.4. The van der Waals surface area contributed by atoms with Crippen molar-refractivity contribution in [2.45, 2.75) is 33.3 Å². The van der Waals surface area contributed by atoms with Crippen molar-refractivity contribution in [1.82, 2.24) is 0 Å². The highest BCUT2D eigenvalue weighted by atomic mass is 35.5. The molecule has 0 amide bonds. The lowest BCUT2D eigenvalue weighted by atomic mass is 9.76. The first-order valence-electron chi connectivity index (χ1n) is 9.71. The molecular weight excluding hydrogens is 434 g/mol. The monoisotopic (exact) mass is 458 g/mol. The lowest BCUT2D eigenvalue weighted by Crippen LogP contribution is -2.40. The Kier molecular flexibility index (Phi) is 6.60. The minimum Gasteiger partial charge on any atom is -0.402 e. The third kappa shape index (κ3) is 4.14. The molecule has 31 heavy (non-hydrogen) atoms. The topological polar surface area (TPSA) is 102 Å². The number of nitrogen functional groups attached to an aromatic ring is 2. The van der Waals surface area contributed by atoms with Gasteiger partial charge in [0, 0.05) is 27.0 Å². The maximum atomic E-state index is 10.0. The van der Waals surface area contributed by atoms with Crippen molar-refractivity contribution in [2.75, 3.05) is 11.5 Å². The summed E-state index contributed by atoms with van der Waals surface area (Å²) >= 11 is 13.3. The summed E-state index contributed by atoms with van der Waals surface area (Å²) in [7, 11) is -2.12. The molecule has 0 heterocycles. The molecule has 0 radical (unpaired) electrons. The summed E-state index contributed by atoms with van der Waals surface area (Å²) in [6.45, 7) is 7.50. The lowest BCUT2D eigenvalue weighted by Gasteiger charge is -2.38. The highest BCUT2D eigenvalue weighted by Crippen LogP contribution is 2.48. The van der Waals surface area contributed by atoms with E-state index in [1.807, 2.05) is 52.0 Å². The highest BCUT2D eigenvalue weighted by Gasteiger charge is 2.44. The zero-order valence-electron chi connectivity index (χ0n) is 17.8. The van der Waals surface area contributed by atoms with Crippen LogP contribution in [0.5, 0.6) is 0 Å². The molecule has 162 valence electrons. The van der Waals surface area contributed by atoms with Gasteiger partial charge in [-0.2, -0.15) is 0 Å². The second-order valence-electron chi connectivity index (χ2n) is 7.77. The summed E-state index contributed by atoms with van der Waals surface area (Å²) in [6, 6.07) is 12.4. The molecule has 3 aromatic rings. The maximum Gasteiger partial charge on any atom is 0.635 e. The Morgan fingerprint density at radius 3 is 1.45 bits per heavy atom. The van der Waals surface area contributed by atoms with E-state index in [1.54, 1.807) is 18.2 Å². The Bertz CT molecular complexity index is 1030. The number of hydrogen-bond donors (Lipinski definition) is 4. The van der Waals surface area contributed by atoms with Crippen molar-refractivity contribution >= 4 is 41.9 Å². The van der Waals surface area contributed by atoms with Gasteiger partial charge < -0.3 is 26.2 Å². The van der Waals surface area contributed by atoms with Crippen LogP contribution in [-0.4, -0.2) is 17.4 Å². The standard InChI is InChI=1S/C23H25BCl2N2O3/c1-12-8-16(9-13(2)21(12)27)23(31-24(29)30,20-18(25)6-5-7-19(20)26)17-10-14(3)22(28)15(4)11-17/h5-11,29-30H,27-28H2,1-4H3. The normalized spacial score (nSPS) is 11.6. The molecule has 0 aromatic heterocycles. The van der Waals surface area contributed by atoms with Crippen molar-refractivity contribution in [3.8, 4) is 0 Å². The second-order valence-corrected chi connectivity index (χ2v) is 8.58. The molecule has 0 aliphatic heterocycles. The van der Waals surface area contributed by atoms with E-state index in [-0.39, 0.29) is 0 Å². The van der Waals surface area contributed by atoms with E-state index < -0.39 is 12.9 Å². The third-order valence-electron chi connectivity index (χ3n) is 5.60. The van der Waals surface area contributed by atoms with Crippen molar-refractivity contribution in [3.05, 3.63) is 91.5 Å². The van der Waals surface area contributed by atoms with E-state index in [0.29, 0.717) is 38.1 Å². The SMILES string of the molecule is Cc1cc(C(OB(O)O)(c2cc(C)c(N)c(C)c2)c2c(Cl)cccc2Cl)cc(C)c1N. The number of halogens is 2. The number of nitrogens with two attached hydrogens (primary N) is 2. The van der Waals surface area contributed by atoms with Crippen molar-refractivity contribution < 1.29 is 14.7 Å². The van der Waals surface area contributed by atoms with Gasteiger partial charge in [-0.3, -0.25) is 0 Å². The average Bonchev–Trinajstić information content (AvgIpc) is 2.68. The zero-order valence-corrected chi connectivity index (χ0v) is 19.3. The van der Waals surface area contributed by atoms with E-state index in [0.717, 1.165) is 22.3 Å². The van der Waals surface area contributed by atoms with Crippen LogP contribution in [0.2, 0.25) is 10.0 Å². The third-order valence-corrected chi connectivity index (χ3v) is 6.23. The summed E-state index contributed by atoms with van der Waals surface area (Å²) in [4.78, 5) is 0. The molecular formula is C23H25BCl2N2O3. The van der Waals surface area contributed by atoms with E-state index in [1.165, 1.54) is 0 Å². The molecule has 0 bridgehead atoms. The molecule has 0 unspecified atom stereocenters. The van der Waals surface area contributed by atoms with E-state index in [4.69, 9.17) is 39.3 Å². The second kappa shape index (κ2) is 8.73. The lowest BCUT2D eigenvalue weighted by molar-refractivity contribution is 0.0815. The first-order valence-corrected chi connectivity index (χ1v) is 10.5. The number of aryl methyl sites for hydroxylation is 4. The molecule has 0 aliphatic rings. The van der Waals surface area contributed by atoms with Crippen LogP contribution >= 0.6 is 23.2 Å². The van der Waals surface area contributed by atoms with Crippen LogP contribution in [-0.2, 0) is 10.3 Å². The highest BCUT2D eigenvalue weighted by molar-refractivity contribution is 6.37. The molecule has 6 N–H and O–H groups in total. The van der Waals surface area contributed by atoms with Crippen molar-refractivity contribution in [2.24, 2.45) is 0 Å². The van der Waals surface area contributed by atoms with Crippen LogP contribution in [0.25, 0.3) is 0 Å². The number of hydrogen-bond acceptors (Lipinski definition) is 5. The first-order chi connectivity index (χ1) is 14.5. The molecule has 8 heteroatoms. The van der Waals surface area contributed by atoms with E-state index >= 15 is 0 Å². The largest absolute Gasteiger partial charge is 0.635 e. The summed E-state index contributed by atoms with van der Waals surface area (Å²) < 4.78 is 5.92. The average molecular weight is 459 g/mol. The summed E-state index contributed by atoms with van der Waals surface area (Å²) in [6.07, 6.45) is 0. The molecule has 5 nitrogen and oxygen atoms in total. The van der Waals surface area contributed by atoms with Crippen molar-refractivity contribution in [1.29, 1.82) is 0 Å². The fourth-order valence-corrected chi connectivity index (χ4v) is 4.66. The van der Waals surface area contributed by atoms with Gasteiger partial charge in [0.25, 0.3) is 0 Å². The Balaban J connectivity index is 2.55. The van der Waals surface area contributed by atoms with Crippen LogP contribution in [0.1, 0.15) is 38.9 Å². The zero-order chi connectivity index (χ0) is 23.1. The van der Waals surface area contributed by atoms with Crippen LogP contribution in [0.15, 0.2) is 42.5 Å². The molecule has 3 aromatic carbocycles. The minimum absolute atomic E-state index is 0.312. The van der Waals surface area contributed by atoms with Gasteiger partial charge >= 0.3 is 7.32 Å². The van der Waals surface area contributed by atoms with Crippen LogP contribution < -0.4 is 11.5 Å². The number of anilines is 2. The van der Waals surface area contributed by atoms with Gasteiger partial charge in [-0.15, -0.1) is 0 Å². The molecule has 0 spiro atoms. The number of rotatable bonds is 5. The minimum atomic E-state index is -2.12. The van der Waals surface area contributed by atoms with Gasteiger partial charge in [0.1, 0.15) is 5.60 Å². The predicted octanol–water partition coefficient (Wildman–Crippen LogP) is 4.67. The van der Waals surface area contributed by atoms with Gasteiger partial charge in [-0.1, -0.05) is 53.5 Å². The van der Waals surface area contributed by atoms with Gasteiger partial charge in [0.2, 0.25) is 0 Å². The summed E-state index contributed by atoms with van der Waals surface area (Å²) in [5.41, 5.74) is 16.9. The summed E-state index contributed by atoms with van der Waals surface area (Å²) in [5, 5.41) is 20.7. The van der Waals surface area contributed by atoms with Gasteiger partial charge in [0.05, 0.1) is 0 Å². The van der Waals surface area contributed by atoms with Gasteiger partial charge in [0.15, 0.2) is 0 Å². The molecule has 0 aliphatic carbocycles. The molecule has 0 saturated heterocycles. The van der Waals surface area contributed by atoms with Crippen LogP contribution in [0, 0.1) is 27.7 Å². The summed E-state index contributed by atoms with van der Waals surface area (Å²) in [5.74, 6) is 0. The van der Waals surface area contributed by atoms with Gasteiger partial charge in [-0.25, -0.2) is 0 Å². The predicted molar refractivity (Wildman–Crippen MR) is 128 cm³/mol. The van der Waals surface area contributed by atoms with Crippen molar-refractivity contribution in [3.63, 3.8) is 0 Å². The molecule has 0 atom stereocenters. The van der Waals surface area contributed by atoms with Gasteiger partial charge in [-0.05, 0) is 73.2 Å². The van der Waals surface area contributed by atoms with Crippen LogP contribution in [0.4, 0.5) is 11.4 Å². The Hall–Kier alpha value is -2.22.